The molecule has 0 saturated carbocycles. The van der Waals surface area contributed by atoms with Gasteiger partial charge in [-0.05, 0) is 18.6 Å². The number of halogens is 3. The highest BCUT2D eigenvalue weighted by molar-refractivity contribution is 5.75. The fourth-order valence-electron chi connectivity index (χ4n) is 1.36. The van der Waals surface area contributed by atoms with E-state index in [1.165, 1.54) is 18.2 Å². The number of rotatable bonds is 7. The molecule has 0 unspecified atom stereocenters. The molecule has 0 atom stereocenters. The lowest BCUT2D eigenvalue weighted by Gasteiger charge is -2.11. The molecule has 0 radical (unpaired) electrons. The van der Waals surface area contributed by atoms with E-state index in [0.717, 1.165) is 18.9 Å². The van der Waals surface area contributed by atoms with Crippen molar-refractivity contribution in [3.8, 4) is 5.75 Å². The van der Waals surface area contributed by atoms with Crippen LogP contribution in [0.2, 0.25) is 0 Å². The van der Waals surface area contributed by atoms with Crippen molar-refractivity contribution in [1.82, 2.24) is 0 Å². The molecule has 1 aromatic rings. The summed E-state index contributed by atoms with van der Waals surface area (Å²) < 4.78 is 44.8. The number of carbonyl (C=O) groups is 1. The Balaban J connectivity index is 2.44. The minimum Gasteiger partial charge on any atom is -0.464 e. The second-order valence-corrected chi connectivity index (χ2v) is 4.00. The minimum atomic E-state index is -4.74. The Morgan fingerprint density at radius 2 is 2.10 bits per heavy atom. The average Bonchev–Trinajstić information content (AvgIpc) is 2.35. The molecule has 1 aromatic carbocycles. The standard InChI is InChI=1S/C13H16F3NO3/c1-2-3-7-19-12(18)9-17-10-5-4-6-11(8-10)20-13(14,15)16/h4-6,8,17H,2-3,7,9H2,1H3. The maximum absolute atomic E-state index is 12.0. The van der Waals surface area contributed by atoms with E-state index in [2.05, 4.69) is 10.1 Å². The van der Waals surface area contributed by atoms with Crippen LogP contribution in [0.4, 0.5) is 18.9 Å². The lowest BCUT2D eigenvalue weighted by atomic mass is 10.3. The topological polar surface area (TPSA) is 47.6 Å². The summed E-state index contributed by atoms with van der Waals surface area (Å²) in [5.41, 5.74) is 0.346. The van der Waals surface area contributed by atoms with Gasteiger partial charge < -0.3 is 14.8 Å². The Kier molecular flexibility index (Phi) is 6.14. The Labute approximate surface area is 114 Å². The van der Waals surface area contributed by atoms with Gasteiger partial charge >= 0.3 is 12.3 Å². The van der Waals surface area contributed by atoms with Gasteiger partial charge in [-0.25, -0.2) is 0 Å². The number of ether oxygens (including phenoxy) is 2. The van der Waals surface area contributed by atoms with Gasteiger partial charge in [-0.3, -0.25) is 4.79 Å². The van der Waals surface area contributed by atoms with Crippen molar-refractivity contribution < 1.29 is 27.4 Å². The summed E-state index contributed by atoms with van der Waals surface area (Å²) in [4.78, 5) is 11.3. The van der Waals surface area contributed by atoms with E-state index in [4.69, 9.17) is 4.74 Å². The molecule has 4 nitrogen and oxygen atoms in total. The van der Waals surface area contributed by atoms with Gasteiger partial charge in [0, 0.05) is 11.8 Å². The maximum atomic E-state index is 12.0. The van der Waals surface area contributed by atoms with Crippen LogP contribution >= 0.6 is 0 Å². The van der Waals surface area contributed by atoms with E-state index in [1.807, 2.05) is 6.92 Å². The Bertz CT molecular complexity index is 435. The number of hydrogen-bond donors (Lipinski definition) is 1. The van der Waals surface area contributed by atoms with Crippen LogP contribution in [0.15, 0.2) is 24.3 Å². The number of anilines is 1. The van der Waals surface area contributed by atoms with Crippen LogP contribution in [0.3, 0.4) is 0 Å². The lowest BCUT2D eigenvalue weighted by molar-refractivity contribution is -0.274. The third-order valence-corrected chi connectivity index (χ3v) is 2.27. The van der Waals surface area contributed by atoms with Crippen LogP contribution < -0.4 is 10.1 Å². The molecule has 0 amide bonds. The molecule has 20 heavy (non-hydrogen) atoms. The minimum absolute atomic E-state index is 0.112. The highest BCUT2D eigenvalue weighted by Gasteiger charge is 2.31. The van der Waals surface area contributed by atoms with Crippen LogP contribution in [0, 0.1) is 0 Å². The van der Waals surface area contributed by atoms with E-state index in [9.17, 15) is 18.0 Å². The van der Waals surface area contributed by atoms with Crippen LogP contribution in [0.1, 0.15) is 19.8 Å². The molecule has 112 valence electrons. The predicted molar refractivity (Wildman–Crippen MR) is 67.5 cm³/mol. The van der Waals surface area contributed by atoms with E-state index >= 15 is 0 Å². The first-order chi connectivity index (χ1) is 9.40. The van der Waals surface area contributed by atoms with E-state index < -0.39 is 12.3 Å². The Morgan fingerprint density at radius 3 is 2.75 bits per heavy atom. The van der Waals surface area contributed by atoms with Crippen molar-refractivity contribution in [3.05, 3.63) is 24.3 Å². The first-order valence-corrected chi connectivity index (χ1v) is 6.16. The van der Waals surface area contributed by atoms with Gasteiger partial charge in [0.05, 0.1) is 6.61 Å². The number of unbranched alkanes of at least 4 members (excludes halogenated alkanes) is 1. The monoisotopic (exact) mass is 291 g/mol. The Hall–Kier alpha value is -1.92. The van der Waals surface area contributed by atoms with Gasteiger partial charge in [-0.2, -0.15) is 0 Å². The zero-order valence-electron chi connectivity index (χ0n) is 11.0. The van der Waals surface area contributed by atoms with Crippen LogP contribution in [0.5, 0.6) is 5.75 Å². The summed E-state index contributed by atoms with van der Waals surface area (Å²) in [7, 11) is 0. The third-order valence-electron chi connectivity index (χ3n) is 2.27. The SMILES string of the molecule is CCCCOC(=O)CNc1cccc(OC(F)(F)F)c1. The van der Waals surface area contributed by atoms with Crippen LogP contribution in [0.25, 0.3) is 0 Å². The highest BCUT2D eigenvalue weighted by atomic mass is 19.4. The van der Waals surface area contributed by atoms with Gasteiger partial charge in [-0.15, -0.1) is 13.2 Å². The van der Waals surface area contributed by atoms with Crippen molar-refractivity contribution in [1.29, 1.82) is 0 Å². The van der Waals surface area contributed by atoms with Gasteiger partial charge in [0.1, 0.15) is 12.3 Å². The first kappa shape index (κ1) is 16.1. The fraction of sp³-hybridized carbons (Fsp3) is 0.462. The number of benzene rings is 1. The van der Waals surface area contributed by atoms with Crippen LogP contribution in [-0.4, -0.2) is 25.5 Å². The molecule has 0 aliphatic carbocycles. The summed E-state index contributed by atoms with van der Waals surface area (Å²) in [6, 6.07) is 5.26. The lowest BCUT2D eigenvalue weighted by Crippen LogP contribution is -2.18. The normalized spacial score (nSPS) is 11.0. The molecule has 0 bridgehead atoms. The van der Waals surface area contributed by atoms with Crippen molar-refractivity contribution in [2.45, 2.75) is 26.1 Å². The third kappa shape index (κ3) is 6.86. The van der Waals surface area contributed by atoms with Crippen molar-refractivity contribution in [3.63, 3.8) is 0 Å². The quantitative estimate of drug-likeness (QED) is 0.618. The van der Waals surface area contributed by atoms with Gasteiger partial charge in [0.2, 0.25) is 0 Å². The smallest absolute Gasteiger partial charge is 0.464 e. The molecule has 1 rings (SSSR count). The van der Waals surface area contributed by atoms with Crippen molar-refractivity contribution in [2.75, 3.05) is 18.5 Å². The Morgan fingerprint density at radius 1 is 1.35 bits per heavy atom. The zero-order chi connectivity index (χ0) is 15.0. The molecule has 0 aromatic heterocycles. The van der Waals surface area contributed by atoms with E-state index in [1.54, 1.807) is 0 Å². The molecule has 7 heteroatoms. The zero-order valence-corrected chi connectivity index (χ0v) is 11.0. The second-order valence-electron chi connectivity index (χ2n) is 4.00. The predicted octanol–water partition coefficient (Wildman–Crippen LogP) is 3.34. The maximum Gasteiger partial charge on any atom is 0.573 e. The van der Waals surface area contributed by atoms with Crippen LogP contribution in [-0.2, 0) is 9.53 Å². The largest absolute Gasteiger partial charge is 0.573 e. The molecule has 0 heterocycles. The number of carbonyl (C=O) groups excluding carboxylic acids is 1. The number of hydrogen-bond acceptors (Lipinski definition) is 4. The van der Waals surface area contributed by atoms with E-state index in [0.29, 0.717) is 12.3 Å². The molecule has 0 aliphatic rings. The second kappa shape index (κ2) is 7.62. The molecule has 1 N–H and O–H groups in total. The van der Waals surface area contributed by atoms with E-state index in [-0.39, 0.29) is 12.3 Å². The summed E-state index contributed by atoms with van der Waals surface area (Å²) >= 11 is 0. The molecule has 0 aliphatic heterocycles. The number of esters is 1. The average molecular weight is 291 g/mol. The molecular formula is C13H16F3NO3. The molecule has 0 saturated heterocycles. The summed E-state index contributed by atoms with van der Waals surface area (Å²) in [5.74, 6) is -0.803. The molecule has 0 spiro atoms. The molecular weight excluding hydrogens is 275 g/mol. The van der Waals surface area contributed by atoms with Crippen molar-refractivity contribution >= 4 is 11.7 Å². The van der Waals surface area contributed by atoms with Gasteiger partial charge in [0.25, 0.3) is 0 Å². The highest BCUT2D eigenvalue weighted by Crippen LogP contribution is 2.24. The van der Waals surface area contributed by atoms with Gasteiger partial charge in [-0.1, -0.05) is 19.4 Å². The first-order valence-electron chi connectivity index (χ1n) is 6.16. The number of alkyl halides is 3. The van der Waals surface area contributed by atoms with Gasteiger partial charge in [0.15, 0.2) is 0 Å². The molecule has 0 fully saturated rings. The summed E-state index contributed by atoms with van der Waals surface area (Å²) in [6.07, 6.45) is -3.05. The van der Waals surface area contributed by atoms with Crippen molar-refractivity contribution in [2.24, 2.45) is 0 Å². The number of nitrogens with one attached hydrogen (secondary N) is 1. The fourth-order valence-corrected chi connectivity index (χ4v) is 1.36. The summed E-state index contributed by atoms with van der Waals surface area (Å²) in [6.45, 7) is 2.20. The summed E-state index contributed by atoms with van der Waals surface area (Å²) in [5, 5.41) is 2.68.